The summed E-state index contributed by atoms with van der Waals surface area (Å²) in [7, 11) is 1.98. The molecule has 3 nitrogen and oxygen atoms in total. The lowest BCUT2D eigenvalue weighted by Crippen LogP contribution is -2.40. The van der Waals surface area contributed by atoms with E-state index >= 15 is 0 Å². The molecule has 2 heterocycles. The molecule has 6 heteroatoms. The maximum atomic E-state index is 12.1. The summed E-state index contributed by atoms with van der Waals surface area (Å²) in [5.74, 6) is 0.834. The summed E-state index contributed by atoms with van der Waals surface area (Å²) in [6.45, 7) is 2.77. The lowest BCUT2D eigenvalue weighted by molar-refractivity contribution is 0.0696. The molecular formula is C12H18Cl2N2OS. The first-order valence-corrected chi connectivity index (χ1v) is 7.09. The molecule has 2 rings (SSSR count). The highest BCUT2D eigenvalue weighted by Gasteiger charge is 2.23. The zero-order valence-electron chi connectivity index (χ0n) is 10.3. The highest BCUT2D eigenvalue weighted by Crippen LogP contribution is 2.25. The van der Waals surface area contributed by atoms with Crippen molar-refractivity contribution in [2.45, 2.75) is 12.8 Å². The number of amides is 1. The van der Waals surface area contributed by atoms with Gasteiger partial charge in [0.2, 0.25) is 0 Å². The van der Waals surface area contributed by atoms with Gasteiger partial charge in [-0.1, -0.05) is 11.6 Å². The van der Waals surface area contributed by atoms with Gasteiger partial charge in [0.1, 0.15) is 0 Å². The van der Waals surface area contributed by atoms with Crippen LogP contribution in [-0.2, 0) is 0 Å². The molecule has 0 radical (unpaired) electrons. The van der Waals surface area contributed by atoms with E-state index in [1.807, 2.05) is 18.0 Å². The number of nitrogens with one attached hydrogen (secondary N) is 1. The molecule has 0 saturated carbocycles. The third kappa shape index (κ3) is 3.85. The van der Waals surface area contributed by atoms with Crippen molar-refractivity contribution in [3.05, 3.63) is 21.3 Å². The van der Waals surface area contributed by atoms with Crippen LogP contribution in [0.2, 0.25) is 4.34 Å². The second-order valence-corrected chi connectivity index (χ2v) is 6.11. The Labute approximate surface area is 123 Å². The van der Waals surface area contributed by atoms with Crippen LogP contribution in [0.1, 0.15) is 22.5 Å². The van der Waals surface area contributed by atoms with Crippen molar-refractivity contribution in [3.63, 3.8) is 0 Å². The van der Waals surface area contributed by atoms with Gasteiger partial charge in [-0.05, 0) is 44.5 Å². The van der Waals surface area contributed by atoms with Gasteiger partial charge in [0.25, 0.3) is 5.91 Å². The molecule has 1 saturated heterocycles. The molecule has 1 aliphatic rings. The fourth-order valence-corrected chi connectivity index (χ4v) is 3.22. The number of nitrogens with zero attached hydrogens (tertiary/aromatic N) is 1. The predicted octanol–water partition coefficient (Wildman–Crippen LogP) is 2.89. The summed E-state index contributed by atoms with van der Waals surface area (Å²) in [4.78, 5) is 14.8. The van der Waals surface area contributed by atoms with E-state index < -0.39 is 0 Å². The fraction of sp³-hybridized carbons (Fsp3) is 0.583. The number of halogens is 2. The van der Waals surface area contributed by atoms with Gasteiger partial charge in [0.05, 0.1) is 9.21 Å². The Kier molecular flexibility index (Phi) is 6.43. The summed E-state index contributed by atoms with van der Waals surface area (Å²) in [6, 6.07) is 3.60. The van der Waals surface area contributed by atoms with Crippen LogP contribution in [-0.4, -0.2) is 37.5 Å². The van der Waals surface area contributed by atoms with Crippen LogP contribution in [0.4, 0.5) is 0 Å². The Morgan fingerprint density at radius 1 is 1.50 bits per heavy atom. The maximum Gasteiger partial charge on any atom is 0.263 e. The Hall–Kier alpha value is -0.290. The maximum absolute atomic E-state index is 12.1. The molecule has 1 aliphatic heterocycles. The molecule has 0 aliphatic carbocycles. The average Bonchev–Trinajstić information content (AvgIpc) is 2.76. The second-order valence-electron chi connectivity index (χ2n) is 4.40. The molecular weight excluding hydrogens is 291 g/mol. The summed E-state index contributed by atoms with van der Waals surface area (Å²) in [5.41, 5.74) is 0. The van der Waals surface area contributed by atoms with Gasteiger partial charge in [-0.25, -0.2) is 0 Å². The van der Waals surface area contributed by atoms with E-state index in [0.29, 0.717) is 10.3 Å². The molecule has 1 amide bonds. The monoisotopic (exact) mass is 308 g/mol. The van der Waals surface area contributed by atoms with Crippen LogP contribution in [0.3, 0.4) is 0 Å². The summed E-state index contributed by atoms with van der Waals surface area (Å²) in [6.07, 6.45) is 2.18. The number of carbonyl (C=O) groups is 1. The van der Waals surface area contributed by atoms with Gasteiger partial charge in [0.15, 0.2) is 0 Å². The largest absolute Gasteiger partial charge is 0.338 e. The molecule has 0 atom stereocenters. The van der Waals surface area contributed by atoms with Gasteiger partial charge >= 0.3 is 0 Å². The van der Waals surface area contributed by atoms with Crippen molar-refractivity contribution in [3.8, 4) is 0 Å². The van der Waals surface area contributed by atoms with Gasteiger partial charge < -0.3 is 10.2 Å². The lowest BCUT2D eigenvalue weighted by atomic mass is 9.97. The molecule has 0 spiro atoms. The van der Waals surface area contributed by atoms with Gasteiger partial charge in [-0.3, -0.25) is 4.79 Å². The molecule has 1 N–H and O–H groups in total. The Bertz CT molecular complexity index is 389. The average molecular weight is 309 g/mol. The van der Waals surface area contributed by atoms with Gasteiger partial charge in [-0.15, -0.1) is 23.7 Å². The van der Waals surface area contributed by atoms with Crippen molar-refractivity contribution in [1.29, 1.82) is 0 Å². The van der Waals surface area contributed by atoms with Gasteiger partial charge in [-0.2, -0.15) is 0 Å². The van der Waals surface area contributed by atoms with E-state index in [-0.39, 0.29) is 18.3 Å². The Balaban J connectivity index is 0.00000162. The third-order valence-corrected chi connectivity index (χ3v) is 4.40. The Morgan fingerprint density at radius 3 is 2.67 bits per heavy atom. The summed E-state index contributed by atoms with van der Waals surface area (Å²) < 4.78 is 0.679. The molecule has 102 valence electrons. The van der Waals surface area contributed by atoms with E-state index in [1.165, 1.54) is 11.3 Å². The number of rotatable bonds is 3. The van der Waals surface area contributed by atoms with Crippen LogP contribution in [0, 0.1) is 5.92 Å². The minimum atomic E-state index is 0. The zero-order chi connectivity index (χ0) is 12.3. The van der Waals surface area contributed by atoms with E-state index in [0.717, 1.165) is 37.4 Å². The molecule has 0 bridgehead atoms. The zero-order valence-corrected chi connectivity index (χ0v) is 12.7. The van der Waals surface area contributed by atoms with Crippen LogP contribution < -0.4 is 5.32 Å². The first-order chi connectivity index (χ1) is 8.20. The highest BCUT2D eigenvalue weighted by molar-refractivity contribution is 7.17. The smallest absolute Gasteiger partial charge is 0.263 e. The van der Waals surface area contributed by atoms with Crippen molar-refractivity contribution in [2.24, 2.45) is 5.92 Å². The SMILES string of the molecule is CNCC1CCN(C(=O)c2ccc(Cl)s2)CC1.Cl. The second kappa shape index (κ2) is 7.34. The molecule has 1 aromatic heterocycles. The van der Waals surface area contributed by atoms with Crippen molar-refractivity contribution in [2.75, 3.05) is 26.7 Å². The van der Waals surface area contributed by atoms with Crippen LogP contribution >= 0.6 is 35.3 Å². The molecule has 0 unspecified atom stereocenters. The van der Waals surface area contributed by atoms with Crippen LogP contribution in [0.5, 0.6) is 0 Å². The van der Waals surface area contributed by atoms with E-state index in [4.69, 9.17) is 11.6 Å². The lowest BCUT2D eigenvalue weighted by Gasteiger charge is -2.31. The first kappa shape index (κ1) is 15.8. The van der Waals surface area contributed by atoms with Crippen LogP contribution in [0.15, 0.2) is 12.1 Å². The number of piperidine rings is 1. The summed E-state index contributed by atoms with van der Waals surface area (Å²) >= 11 is 7.21. The number of carbonyl (C=O) groups excluding carboxylic acids is 1. The van der Waals surface area contributed by atoms with Crippen molar-refractivity contribution >= 4 is 41.3 Å². The highest BCUT2D eigenvalue weighted by atomic mass is 35.5. The molecule has 18 heavy (non-hydrogen) atoms. The standard InChI is InChI=1S/C12H17ClN2OS.ClH/c1-14-8-9-4-6-15(7-5-9)12(16)10-2-3-11(13)17-10;/h2-3,9,14H,4-8H2,1H3;1H. The quantitative estimate of drug-likeness (QED) is 0.931. The minimum Gasteiger partial charge on any atom is -0.338 e. The Morgan fingerprint density at radius 2 is 2.17 bits per heavy atom. The fourth-order valence-electron chi connectivity index (χ4n) is 2.21. The first-order valence-electron chi connectivity index (χ1n) is 5.90. The number of hydrogen-bond acceptors (Lipinski definition) is 3. The number of likely N-dealkylation sites (tertiary alicyclic amines) is 1. The minimum absolute atomic E-state index is 0. The van der Waals surface area contributed by atoms with E-state index in [9.17, 15) is 4.79 Å². The van der Waals surface area contributed by atoms with Gasteiger partial charge in [0, 0.05) is 13.1 Å². The topological polar surface area (TPSA) is 32.3 Å². The normalized spacial score (nSPS) is 16.4. The van der Waals surface area contributed by atoms with Crippen molar-refractivity contribution < 1.29 is 4.79 Å². The third-order valence-electron chi connectivity index (χ3n) is 3.18. The molecule has 1 aromatic rings. The number of thiophene rings is 1. The molecule has 1 fully saturated rings. The van der Waals surface area contributed by atoms with Crippen molar-refractivity contribution in [1.82, 2.24) is 10.2 Å². The van der Waals surface area contributed by atoms with E-state index in [2.05, 4.69) is 5.32 Å². The number of hydrogen-bond donors (Lipinski definition) is 1. The van der Waals surface area contributed by atoms with Crippen LogP contribution in [0.25, 0.3) is 0 Å². The van der Waals surface area contributed by atoms with E-state index in [1.54, 1.807) is 6.07 Å². The summed E-state index contributed by atoms with van der Waals surface area (Å²) in [5, 5.41) is 3.20. The predicted molar refractivity (Wildman–Crippen MR) is 79.1 cm³/mol. The molecule has 0 aromatic carbocycles.